The van der Waals surface area contributed by atoms with Crippen LogP contribution in [0.2, 0.25) is 0 Å². The summed E-state index contributed by atoms with van der Waals surface area (Å²) >= 11 is 0. The molecule has 110 valence electrons. The van der Waals surface area contributed by atoms with E-state index in [2.05, 4.69) is 10.1 Å². The van der Waals surface area contributed by atoms with Crippen molar-refractivity contribution in [3.63, 3.8) is 0 Å². The fourth-order valence-corrected chi connectivity index (χ4v) is 1.28. The van der Waals surface area contributed by atoms with Gasteiger partial charge in [-0.1, -0.05) is 0 Å². The molecule has 8 heteroatoms. The van der Waals surface area contributed by atoms with E-state index in [1.165, 1.54) is 14.2 Å². The maximum atomic E-state index is 11.6. The Bertz CT molecular complexity index is 320. The molecule has 19 heavy (non-hydrogen) atoms. The van der Waals surface area contributed by atoms with Gasteiger partial charge in [-0.3, -0.25) is 9.59 Å². The van der Waals surface area contributed by atoms with E-state index in [9.17, 15) is 14.4 Å². The average molecular weight is 276 g/mol. The van der Waals surface area contributed by atoms with Crippen LogP contribution in [0, 0.1) is 0 Å². The minimum Gasteiger partial charge on any atom is -0.480 e. The van der Waals surface area contributed by atoms with Gasteiger partial charge >= 0.3 is 11.9 Å². The first-order chi connectivity index (χ1) is 8.92. The minimum atomic E-state index is -1.23. The van der Waals surface area contributed by atoms with E-state index in [0.717, 1.165) is 0 Å². The van der Waals surface area contributed by atoms with Crippen LogP contribution in [0.3, 0.4) is 0 Å². The highest BCUT2D eigenvalue weighted by molar-refractivity contribution is 5.87. The van der Waals surface area contributed by atoms with Crippen LogP contribution in [0.25, 0.3) is 0 Å². The van der Waals surface area contributed by atoms with Gasteiger partial charge in [0.1, 0.15) is 6.04 Å². The number of aliphatic carboxylic acids is 1. The van der Waals surface area contributed by atoms with Crippen molar-refractivity contribution < 1.29 is 29.0 Å². The highest BCUT2D eigenvalue weighted by Crippen LogP contribution is 2.01. The molecule has 8 nitrogen and oxygen atoms in total. The third kappa shape index (κ3) is 7.37. The first-order valence-electron chi connectivity index (χ1n) is 5.76. The van der Waals surface area contributed by atoms with Gasteiger partial charge in [-0.2, -0.15) is 0 Å². The zero-order chi connectivity index (χ0) is 14.8. The zero-order valence-electron chi connectivity index (χ0n) is 11.0. The van der Waals surface area contributed by atoms with Crippen LogP contribution in [0.1, 0.15) is 19.3 Å². The molecule has 0 aliphatic rings. The van der Waals surface area contributed by atoms with Gasteiger partial charge in [0.05, 0.1) is 13.2 Å². The number of amides is 1. The second-order valence-electron chi connectivity index (χ2n) is 3.90. The molecule has 0 spiro atoms. The molecule has 0 aromatic rings. The summed E-state index contributed by atoms with van der Waals surface area (Å²) < 4.78 is 9.17. The molecular weight excluding hydrogens is 256 g/mol. The number of carbonyl (C=O) groups excluding carboxylic acids is 2. The van der Waals surface area contributed by atoms with Gasteiger partial charge < -0.3 is 25.6 Å². The van der Waals surface area contributed by atoms with Crippen molar-refractivity contribution >= 4 is 17.8 Å². The molecule has 0 aromatic carbocycles. The highest BCUT2D eigenvalue weighted by atomic mass is 16.5. The number of rotatable bonds is 9. The highest BCUT2D eigenvalue weighted by Gasteiger charge is 2.23. The van der Waals surface area contributed by atoms with Crippen molar-refractivity contribution in [1.29, 1.82) is 0 Å². The van der Waals surface area contributed by atoms with Gasteiger partial charge in [0, 0.05) is 20.1 Å². The molecule has 0 saturated carbocycles. The Labute approximate surface area is 111 Å². The molecular formula is C11H20N2O6. The number of nitrogens with two attached hydrogens (primary N) is 1. The van der Waals surface area contributed by atoms with Crippen molar-refractivity contribution in [2.45, 2.75) is 31.3 Å². The van der Waals surface area contributed by atoms with Crippen molar-refractivity contribution in [1.82, 2.24) is 5.32 Å². The molecule has 0 bridgehead atoms. The Morgan fingerprint density at radius 2 is 1.89 bits per heavy atom. The van der Waals surface area contributed by atoms with Gasteiger partial charge in [-0.25, -0.2) is 4.79 Å². The second kappa shape index (κ2) is 9.29. The molecule has 1 amide bonds. The number of ether oxygens (including phenoxy) is 2. The predicted molar refractivity (Wildman–Crippen MR) is 65.3 cm³/mol. The van der Waals surface area contributed by atoms with Crippen LogP contribution in [-0.4, -0.2) is 55.9 Å². The smallest absolute Gasteiger partial charge is 0.326 e. The summed E-state index contributed by atoms with van der Waals surface area (Å²) in [6, 6.07) is -2.01. The Morgan fingerprint density at radius 1 is 1.26 bits per heavy atom. The molecule has 0 radical (unpaired) electrons. The third-order valence-corrected chi connectivity index (χ3v) is 2.45. The number of carboxylic acid groups (broad SMARTS) is 1. The fourth-order valence-electron chi connectivity index (χ4n) is 1.28. The molecule has 0 aliphatic carbocycles. The van der Waals surface area contributed by atoms with Crippen LogP contribution in [-0.2, 0) is 23.9 Å². The Balaban J connectivity index is 4.29. The Morgan fingerprint density at radius 3 is 2.37 bits per heavy atom. The van der Waals surface area contributed by atoms with Gasteiger partial charge in [-0.05, 0) is 12.8 Å². The number of nitrogens with one attached hydrogen (secondary N) is 1. The summed E-state index contributed by atoms with van der Waals surface area (Å²) in [5, 5.41) is 11.2. The summed E-state index contributed by atoms with van der Waals surface area (Å²) in [6.45, 7) is 0.300. The Hall–Kier alpha value is -1.67. The fraction of sp³-hybridized carbons (Fsp3) is 0.727. The Kier molecular flexibility index (Phi) is 8.47. The van der Waals surface area contributed by atoms with Crippen LogP contribution in [0.15, 0.2) is 0 Å². The van der Waals surface area contributed by atoms with E-state index in [-0.39, 0.29) is 19.3 Å². The lowest BCUT2D eigenvalue weighted by atomic mass is 10.1. The van der Waals surface area contributed by atoms with Gasteiger partial charge in [0.15, 0.2) is 0 Å². The third-order valence-electron chi connectivity index (χ3n) is 2.45. The standard InChI is InChI=1S/C11H20N2O6/c1-18-6-5-7(12)10(15)13-8(11(16)17)3-4-9(14)19-2/h7-8H,3-6,12H2,1-2H3,(H,13,15)(H,16,17)/t7?,8-/m0/s1. The molecule has 0 rings (SSSR count). The largest absolute Gasteiger partial charge is 0.480 e. The van der Waals surface area contributed by atoms with Crippen LogP contribution < -0.4 is 11.1 Å². The topological polar surface area (TPSA) is 128 Å². The minimum absolute atomic E-state index is 0.0508. The van der Waals surface area contributed by atoms with E-state index in [1.807, 2.05) is 0 Å². The van der Waals surface area contributed by atoms with E-state index < -0.39 is 29.9 Å². The van der Waals surface area contributed by atoms with Crippen LogP contribution in [0.4, 0.5) is 0 Å². The lowest BCUT2D eigenvalue weighted by Crippen LogP contribution is -2.48. The molecule has 4 N–H and O–H groups in total. The molecule has 2 atom stereocenters. The average Bonchev–Trinajstić information content (AvgIpc) is 2.39. The molecule has 1 unspecified atom stereocenters. The number of hydrogen-bond acceptors (Lipinski definition) is 6. The van der Waals surface area contributed by atoms with E-state index in [0.29, 0.717) is 6.61 Å². The van der Waals surface area contributed by atoms with Gasteiger partial charge in [-0.15, -0.1) is 0 Å². The molecule has 0 fully saturated rings. The lowest BCUT2D eigenvalue weighted by molar-refractivity contribution is -0.144. The van der Waals surface area contributed by atoms with Gasteiger partial charge in [0.2, 0.25) is 5.91 Å². The predicted octanol–water partition coefficient (Wildman–Crippen LogP) is -1.13. The normalized spacial score (nSPS) is 13.4. The summed E-state index contributed by atoms with van der Waals surface area (Å²) in [6.07, 6.45) is 0.136. The van der Waals surface area contributed by atoms with Gasteiger partial charge in [0.25, 0.3) is 0 Å². The first kappa shape index (κ1) is 17.3. The van der Waals surface area contributed by atoms with E-state index in [4.69, 9.17) is 15.6 Å². The monoisotopic (exact) mass is 276 g/mol. The number of carbonyl (C=O) groups is 3. The molecule has 0 saturated heterocycles. The molecule has 0 aliphatic heterocycles. The number of carboxylic acids is 1. The first-order valence-corrected chi connectivity index (χ1v) is 5.76. The van der Waals surface area contributed by atoms with E-state index >= 15 is 0 Å². The van der Waals surface area contributed by atoms with E-state index in [1.54, 1.807) is 0 Å². The van der Waals surface area contributed by atoms with Crippen molar-refractivity contribution in [2.75, 3.05) is 20.8 Å². The van der Waals surface area contributed by atoms with Crippen molar-refractivity contribution in [2.24, 2.45) is 5.73 Å². The summed E-state index contributed by atoms with van der Waals surface area (Å²) in [5.74, 6) is -2.35. The van der Waals surface area contributed by atoms with Crippen LogP contribution >= 0.6 is 0 Å². The second-order valence-corrected chi connectivity index (χ2v) is 3.90. The quantitative estimate of drug-likeness (QED) is 0.455. The maximum absolute atomic E-state index is 11.6. The van der Waals surface area contributed by atoms with Crippen LogP contribution in [0.5, 0.6) is 0 Å². The lowest BCUT2D eigenvalue weighted by Gasteiger charge is -2.17. The van der Waals surface area contributed by atoms with Crippen molar-refractivity contribution in [3.8, 4) is 0 Å². The SMILES string of the molecule is COCCC(N)C(=O)N[C@@H](CCC(=O)OC)C(=O)O. The van der Waals surface area contributed by atoms with Crippen molar-refractivity contribution in [3.05, 3.63) is 0 Å². The zero-order valence-corrected chi connectivity index (χ0v) is 11.0. The molecule has 0 heterocycles. The number of hydrogen-bond donors (Lipinski definition) is 3. The summed E-state index contributed by atoms with van der Waals surface area (Å²) in [5.41, 5.74) is 5.56. The molecule has 0 aromatic heterocycles. The number of methoxy groups -OCH3 is 2. The summed E-state index contributed by atoms with van der Waals surface area (Å²) in [4.78, 5) is 33.5. The summed E-state index contributed by atoms with van der Waals surface area (Å²) in [7, 11) is 2.68. The number of esters is 1. The maximum Gasteiger partial charge on any atom is 0.326 e.